The normalized spacial score (nSPS) is 10.9. The Morgan fingerprint density at radius 2 is 1.76 bits per heavy atom. The number of halogens is 1. The Morgan fingerprint density at radius 1 is 0.920 bits per heavy atom. The van der Waals surface area contributed by atoms with E-state index in [1.807, 2.05) is 41.2 Å². The summed E-state index contributed by atoms with van der Waals surface area (Å²) in [6.45, 7) is 1.41. The van der Waals surface area contributed by atoms with Crippen molar-refractivity contribution in [3.63, 3.8) is 0 Å². The van der Waals surface area contributed by atoms with Crippen LogP contribution >= 0.6 is 15.9 Å². The Balaban J connectivity index is 1.59. The lowest BCUT2D eigenvalue weighted by molar-refractivity contribution is 0.812. The van der Waals surface area contributed by atoms with E-state index in [2.05, 4.69) is 60.5 Å². The number of imidazole rings is 1. The molecule has 124 valence electrons. The van der Waals surface area contributed by atoms with Gasteiger partial charge in [-0.25, -0.2) is 15.0 Å². The molecule has 4 rings (SSSR count). The van der Waals surface area contributed by atoms with Crippen LogP contribution in [-0.4, -0.2) is 19.5 Å². The minimum Gasteiger partial charge on any atom is -0.364 e. The monoisotopic (exact) mass is 393 g/mol. The van der Waals surface area contributed by atoms with Gasteiger partial charge in [0, 0.05) is 11.0 Å². The summed E-state index contributed by atoms with van der Waals surface area (Å²) in [6.07, 6.45) is 3.39. The van der Waals surface area contributed by atoms with E-state index in [1.54, 1.807) is 6.33 Å². The first kappa shape index (κ1) is 15.8. The van der Waals surface area contributed by atoms with Gasteiger partial charge in [0.15, 0.2) is 11.5 Å². The lowest BCUT2D eigenvalue weighted by Crippen LogP contribution is -2.04. The van der Waals surface area contributed by atoms with Crippen molar-refractivity contribution in [1.82, 2.24) is 19.5 Å². The summed E-state index contributed by atoms with van der Waals surface area (Å²) in [6, 6.07) is 18.5. The van der Waals surface area contributed by atoms with E-state index in [9.17, 15) is 0 Å². The topological polar surface area (TPSA) is 55.6 Å². The molecule has 6 heteroatoms. The van der Waals surface area contributed by atoms with E-state index in [0.29, 0.717) is 13.1 Å². The summed E-state index contributed by atoms with van der Waals surface area (Å²) in [5.74, 6) is 0.752. The average Bonchev–Trinajstić information content (AvgIpc) is 3.04. The Morgan fingerprint density at radius 3 is 2.60 bits per heavy atom. The van der Waals surface area contributed by atoms with Gasteiger partial charge < -0.3 is 9.88 Å². The summed E-state index contributed by atoms with van der Waals surface area (Å²) in [7, 11) is 0. The molecule has 25 heavy (non-hydrogen) atoms. The van der Waals surface area contributed by atoms with Crippen LogP contribution in [0.1, 0.15) is 11.1 Å². The fourth-order valence-electron chi connectivity index (χ4n) is 2.74. The fourth-order valence-corrected chi connectivity index (χ4v) is 3.19. The zero-order valence-electron chi connectivity index (χ0n) is 13.4. The first-order valence-electron chi connectivity index (χ1n) is 7.98. The van der Waals surface area contributed by atoms with Gasteiger partial charge in [-0.2, -0.15) is 0 Å². The van der Waals surface area contributed by atoms with Gasteiger partial charge >= 0.3 is 0 Å². The Bertz CT molecular complexity index is 997. The molecular weight excluding hydrogens is 378 g/mol. The van der Waals surface area contributed by atoms with Gasteiger partial charge in [-0.15, -0.1) is 0 Å². The van der Waals surface area contributed by atoms with Crippen molar-refractivity contribution in [3.8, 4) is 0 Å². The van der Waals surface area contributed by atoms with Crippen LogP contribution in [0.4, 0.5) is 5.82 Å². The second-order valence-electron chi connectivity index (χ2n) is 5.74. The molecule has 2 heterocycles. The molecule has 0 saturated heterocycles. The van der Waals surface area contributed by atoms with Gasteiger partial charge in [-0.05, 0) is 23.3 Å². The molecule has 0 atom stereocenters. The third kappa shape index (κ3) is 3.53. The second-order valence-corrected chi connectivity index (χ2v) is 6.65. The highest BCUT2D eigenvalue weighted by Gasteiger charge is 2.10. The van der Waals surface area contributed by atoms with Crippen molar-refractivity contribution in [2.45, 2.75) is 13.1 Å². The largest absolute Gasteiger partial charge is 0.364 e. The lowest BCUT2D eigenvalue weighted by Gasteiger charge is -2.07. The molecule has 0 radical (unpaired) electrons. The van der Waals surface area contributed by atoms with Crippen molar-refractivity contribution < 1.29 is 0 Å². The summed E-state index contributed by atoms with van der Waals surface area (Å²) < 4.78 is 3.10. The minimum atomic E-state index is 0.700. The quantitative estimate of drug-likeness (QED) is 0.550. The molecule has 0 aliphatic rings. The standard InChI is InChI=1S/C19H16BrN5/c20-16-8-4-7-15(9-16)11-25-13-24-17-18(22-12-23-19(17)25)21-10-14-5-2-1-3-6-14/h1-9,12-13H,10-11H2,(H,21,22,23). The summed E-state index contributed by atoms with van der Waals surface area (Å²) >= 11 is 3.51. The molecule has 0 bridgehead atoms. The number of fused-ring (bicyclic) bond motifs is 1. The van der Waals surface area contributed by atoms with Crippen molar-refractivity contribution in [2.24, 2.45) is 0 Å². The number of rotatable bonds is 5. The predicted molar refractivity (Wildman–Crippen MR) is 102 cm³/mol. The Hall–Kier alpha value is -2.73. The molecule has 0 aliphatic carbocycles. The highest BCUT2D eigenvalue weighted by molar-refractivity contribution is 9.10. The number of aromatic nitrogens is 4. The maximum Gasteiger partial charge on any atom is 0.165 e. The molecule has 0 fully saturated rings. The van der Waals surface area contributed by atoms with Crippen LogP contribution < -0.4 is 5.32 Å². The first-order chi connectivity index (χ1) is 12.3. The molecule has 5 nitrogen and oxygen atoms in total. The van der Waals surface area contributed by atoms with Gasteiger partial charge in [-0.3, -0.25) is 0 Å². The number of hydrogen-bond donors (Lipinski definition) is 1. The molecule has 0 saturated carbocycles. The molecule has 4 aromatic rings. The Kier molecular flexibility index (Phi) is 4.43. The van der Waals surface area contributed by atoms with Gasteiger partial charge in [0.05, 0.1) is 12.9 Å². The zero-order chi connectivity index (χ0) is 17.1. The van der Waals surface area contributed by atoms with E-state index >= 15 is 0 Å². The van der Waals surface area contributed by atoms with E-state index in [-0.39, 0.29) is 0 Å². The minimum absolute atomic E-state index is 0.700. The lowest BCUT2D eigenvalue weighted by atomic mass is 10.2. The predicted octanol–water partition coefficient (Wildman–Crippen LogP) is 4.25. The number of nitrogens with one attached hydrogen (secondary N) is 1. The van der Waals surface area contributed by atoms with Gasteiger partial charge in [0.1, 0.15) is 11.8 Å². The smallest absolute Gasteiger partial charge is 0.165 e. The van der Waals surface area contributed by atoms with Crippen LogP contribution in [0.2, 0.25) is 0 Å². The molecule has 2 aromatic carbocycles. The maximum absolute atomic E-state index is 4.51. The van der Waals surface area contributed by atoms with E-state index in [0.717, 1.165) is 21.5 Å². The van der Waals surface area contributed by atoms with Crippen LogP contribution in [0.3, 0.4) is 0 Å². The number of hydrogen-bond acceptors (Lipinski definition) is 4. The number of benzene rings is 2. The molecule has 1 N–H and O–H groups in total. The van der Waals surface area contributed by atoms with Gasteiger partial charge in [-0.1, -0.05) is 58.4 Å². The molecule has 0 aliphatic heterocycles. The average molecular weight is 394 g/mol. The van der Waals surface area contributed by atoms with Crippen molar-refractivity contribution in [3.05, 3.63) is 82.9 Å². The zero-order valence-corrected chi connectivity index (χ0v) is 15.0. The van der Waals surface area contributed by atoms with Crippen LogP contribution in [0, 0.1) is 0 Å². The van der Waals surface area contributed by atoms with Gasteiger partial charge in [0.25, 0.3) is 0 Å². The third-order valence-corrected chi connectivity index (χ3v) is 4.44. The number of nitrogens with zero attached hydrogens (tertiary/aromatic N) is 4. The third-order valence-electron chi connectivity index (χ3n) is 3.95. The van der Waals surface area contributed by atoms with Crippen LogP contribution in [0.5, 0.6) is 0 Å². The molecule has 0 unspecified atom stereocenters. The second kappa shape index (κ2) is 7.03. The molecule has 0 amide bonds. The summed E-state index contributed by atoms with van der Waals surface area (Å²) in [5, 5.41) is 3.36. The van der Waals surface area contributed by atoms with Crippen molar-refractivity contribution in [2.75, 3.05) is 5.32 Å². The maximum atomic E-state index is 4.51. The number of anilines is 1. The summed E-state index contributed by atoms with van der Waals surface area (Å²) in [5.41, 5.74) is 3.99. The molecule has 2 aromatic heterocycles. The summed E-state index contributed by atoms with van der Waals surface area (Å²) in [4.78, 5) is 13.3. The van der Waals surface area contributed by atoms with Crippen LogP contribution in [0.15, 0.2) is 71.7 Å². The van der Waals surface area contributed by atoms with Crippen molar-refractivity contribution in [1.29, 1.82) is 0 Å². The molecular formula is C19H16BrN5. The van der Waals surface area contributed by atoms with Crippen LogP contribution in [-0.2, 0) is 13.1 Å². The van der Waals surface area contributed by atoms with E-state index in [1.165, 1.54) is 11.1 Å². The van der Waals surface area contributed by atoms with Gasteiger partial charge in [0.2, 0.25) is 0 Å². The van der Waals surface area contributed by atoms with Crippen LogP contribution in [0.25, 0.3) is 11.2 Å². The highest BCUT2D eigenvalue weighted by atomic mass is 79.9. The fraction of sp³-hybridized carbons (Fsp3) is 0.105. The Labute approximate surface area is 153 Å². The van der Waals surface area contributed by atoms with E-state index < -0.39 is 0 Å². The highest BCUT2D eigenvalue weighted by Crippen LogP contribution is 2.20. The first-order valence-corrected chi connectivity index (χ1v) is 8.77. The SMILES string of the molecule is Brc1cccc(Cn2cnc3c(NCc4ccccc4)ncnc32)c1. The van der Waals surface area contributed by atoms with E-state index in [4.69, 9.17) is 0 Å². The molecule has 0 spiro atoms. The van der Waals surface area contributed by atoms with Crippen molar-refractivity contribution >= 4 is 32.9 Å².